The van der Waals surface area contributed by atoms with Crippen molar-refractivity contribution in [3.63, 3.8) is 0 Å². The van der Waals surface area contributed by atoms with E-state index in [1.54, 1.807) is 0 Å². The highest BCUT2D eigenvalue weighted by atomic mass is 79.9. The van der Waals surface area contributed by atoms with Crippen LogP contribution in [-0.2, 0) is 4.74 Å². The fraction of sp³-hybridized carbons (Fsp3) is 0.462. The predicted molar refractivity (Wildman–Crippen MR) is 82.3 cm³/mol. The van der Waals surface area contributed by atoms with E-state index in [1.807, 2.05) is 12.1 Å². The minimum atomic E-state index is 0.215. The zero-order valence-electron chi connectivity index (χ0n) is 10.5. The summed E-state index contributed by atoms with van der Waals surface area (Å²) in [5.41, 5.74) is 7.83. The topological polar surface area (TPSA) is 38.5 Å². The molecule has 0 amide bonds. The first-order valence-corrected chi connectivity index (χ1v) is 7.18. The van der Waals surface area contributed by atoms with Crippen LogP contribution < -0.4 is 10.6 Å². The van der Waals surface area contributed by atoms with E-state index in [1.165, 1.54) is 0 Å². The molecule has 18 heavy (non-hydrogen) atoms. The van der Waals surface area contributed by atoms with Gasteiger partial charge in [-0.05, 0) is 41.9 Å². The molecule has 2 unspecified atom stereocenters. The molecule has 0 bridgehead atoms. The SMILES string of the molecule is CC1CN(c2cccc(Br)c2C(N)=S)CC(C)O1. The van der Waals surface area contributed by atoms with Crippen molar-refractivity contribution in [3.8, 4) is 0 Å². The van der Waals surface area contributed by atoms with Crippen LogP contribution in [0.15, 0.2) is 22.7 Å². The van der Waals surface area contributed by atoms with Gasteiger partial charge in [-0.2, -0.15) is 0 Å². The molecule has 5 heteroatoms. The van der Waals surface area contributed by atoms with E-state index in [4.69, 9.17) is 22.7 Å². The maximum absolute atomic E-state index is 5.83. The maximum atomic E-state index is 5.83. The lowest BCUT2D eigenvalue weighted by molar-refractivity contribution is -0.00522. The molecule has 2 N–H and O–H groups in total. The van der Waals surface area contributed by atoms with Crippen LogP contribution in [0.5, 0.6) is 0 Å². The lowest BCUT2D eigenvalue weighted by Gasteiger charge is -2.37. The molecular weight excluding hydrogens is 312 g/mol. The van der Waals surface area contributed by atoms with Gasteiger partial charge >= 0.3 is 0 Å². The number of halogens is 1. The van der Waals surface area contributed by atoms with Gasteiger partial charge in [0.05, 0.1) is 12.2 Å². The normalized spacial score (nSPS) is 24.1. The zero-order chi connectivity index (χ0) is 13.3. The van der Waals surface area contributed by atoms with Crippen molar-refractivity contribution in [2.24, 2.45) is 5.73 Å². The van der Waals surface area contributed by atoms with Crippen LogP contribution in [0.25, 0.3) is 0 Å². The van der Waals surface area contributed by atoms with Gasteiger partial charge < -0.3 is 15.4 Å². The third-order valence-corrected chi connectivity index (χ3v) is 3.86. The maximum Gasteiger partial charge on any atom is 0.107 e. The van der Waals surface area contributed by atoms with E-state index >= 15 is 0 Å². The molecule has 0 aliphatic carbocycles. The number of nitrogens with zero attached hydrogens (tertiary/aromatic N) is 1. The molecule has 0 radical (unpaired) electrons. The van der Waals surface area contributed by atoms with Crippen molar-refractivity contribution in [1.82, 2.24) is 0 Å². The van der Waals surface area contributed by atoms with E-state index < -0.39 is 0 Å². The molecule has 1 aromatic carbocycles. The summed E-state index contributed by atoms with van der Waals surface area (Å²) in [6, 6.07) is 6.03. The molecule has 0 spiro atoms. The number of rotatable bonds is 2. The molecule has 1 fully saturated rings. The molecular formula is C13H17BrN2OS. The summed E-state index contributed by atoms with van der Waals surface area (Å²) in [4.78, 5) is 2.71. The fourth-order valence-corrected chi connectivity index (χ4v) is 3.31. The van der Waals surface area contributed by atoms with Crippen molar-refractivity contribution in [2.75, 3.05) is 18.0 Å². The van der Waals surface area contributed by atoms with Crippen molar-refractivity contribution >= 4 is 38.8 Å². The van der Waals surface area contributed by atoms with Crippen LogP contribution in [0.4, 0.5) is 5.69 Å². The Hall–Kier alpha value is -0.650. The molecule has 1 saturated heterocycles. The minimum absolute atomic E-state index is 0.215. The summed E-state index contributed by atoms with van der Waals surface area (Å²) >= 11 is 8.67. The van der Waals surface area contributed by atoms with Gasteiger partial charge in [0.2, 0.25) is 0 Å². The number of thiocarbonyl (C=S) groups is 1. The summed E-state index contributed by atoms with van der Waals surface area (Å²) in [7, 11) is 0. The lowest BCUT2D eigenvalue weighted by Crippen LogP contribution is -2.46. The van der Waals surface area contributed by atoms with Gasteiger partial charge in [0.25, 0.3) is 0 Å². The molecule has 2 atom stereocenters. The Morgan fingerprint density at radius 3 is 2.56 bits per heavy atom. The monoisotopic (exact) mass is 328 g/mol. The summed E-state index contributed by atoms with van der Waals surface area (Å²) in [5, 5.41) is 0. The highest BCUT2D eigenvalue weighted by Crippen LogP contribution is 2.29. The molecule has 1 aliphatic heterocycles. The van der Waals surface area contributed by atoms with Crippen LogP contribution in [0, 0.1) is 0 Å². The molecule has 2 rings (SSSR count). The third kappa shape index (κ3) is 2.84. The van der Waals surface area contributed by atoms with Gasteiger partial charge in [0, 0.05) is 28.8 Å². The molecule has 0 aromatic heterocycles. The predicted octanol–water partition coefficient (Wildman–Crippen LogP) is 2.70. The number of hydrogen-bond acceptors (Lipinski definition) is 3. The van der Waals surface area contributed by atoms with Gasteiger partial charge in [-0.3, -0.25) is 0 Å². The van der Waals surface area contributed by atoms with Gasteiger partial charge in [0.1, 0.15) is 4.99 Å². The standard InChI is InChI=1S/C13H17BrN2OS/c1-8-6-16(7-9(2)17-8)11-5-3-4-10(14)12(11)13(15)18/h3-5,8-9H,6-7H2,1-2H3,(H2,15,18). The van der Waals surface area contributed by atoms with Crippen molar-refractivity contribution < 1.29 is 4.74 Å². The van der Waals surface area contributed by atoms with Crippen LogP contribution in [0.1, 0.15) is 19.4 Å². The highest BCUT2D eigenvalue weighted by Gasteiger charge is 2.25. The van der Waals surface area contributed by atoms with E-state index in [2.05, 4.69) is 40.7 Å². The van der Waals surface area contributed by atoms with Gasteiger partial charge in [-0.1, -0.05) is 18.3 Å². The Labute approximate surface area is 121 Å². The van der Waals surface area contributed by atoms with Crippen molar-refractivity contribution in [3.05, 3.63) is 28.2 Å². The average molecular weight is 329 g/mol. The smallest absolute Gasteiger partial charge is 0.107 e. The van der Waals surface area contributed by atoms with Crippen LogP contribution in [0.2, 0.25) is 0 Å². The number of morpholine rings is 1. The van der Waals surface area contributed by atoms with Crippen molar-refractivity contribution in [1.29, 1.82) is 0 Å². The summed E-state index contributed by atoms with van der Waals surface area (Å²) < 4.78 is 6.69. The van der Waals surface area contributed by atoms with Crippen LogP contribution >= 0.6 is 28.1 Å². The second-order valence-corrected chi connectivity index (χ2v) is 5.95. The quantitative estimate of drug-likeness (QED) is 0.847. The first-order valence-electron chi connectivity index (χ1n) is 5.97. The van der Waals surface area contributed by atoms with E-state index in [0.29, 0.717) is 4.99 Å². The third-order valence-electron chi connectivity index (χ3n) is 3.00. The molecule has 3 nitrogen and oxygen atoms in total. The Morgan fingerprint density at radius 2 is 2.00 bits per heavy atom. The summed E-state index contributed by atoms with van der Waals surface area (Å²) in [5.74, 6) is 0. The second kappa shape index (κ2) is 5.55. The first kappa shape index (κ1) is 13.8. The van der Waals surface area contributed by atoms with Crippen LogP contribution in [0.3, 0.4) is 0 Å². The first-order chi connectivity index (χ1) is 8.49. The average Bonchev–Trinajstić information content (AvgIpc) is 2.26. The Morgan fingerprint density at radius 1 is 1.39 bits per heavy atom. The molecule has 1 aliphatic rings. The second-order valence-electron chi connectivity index (χ2n) is 4.66. The van der Waals surface area contributed by atoms with E-state index in [0.717, 1.165) is 28.8 Å². The fourth-order valence-electron chi connectivity index (χ4n) is 2.39. The number of anilines is 1. The zero-order valence-corrected chi connectivity index (χ0v) is 12.9. The Balaban J connectivity index is 2.38. The lowest BCUT2D eigenvalue weighted by atomic mass is 10.1. The number of nitrogens with two attached hydrogens (primary N) is 1. The van der Waals surface area contributed by atoms with Gasteiger partial charge in [-0.15, -0.1) is 0 Å². The molecule has 0 saturated carbocycles. The number of hydrogen-bond donors (Lipinski definition) is 1. The summed E-state index contributed by atoms with van der Waals surface area (Å²) in [6.45, 7) is 5.88. The van der Waals surface area contributed by atoms with E-state index in [9.17, 15) is 0 Å². The minimum Gasteiger partial charge on any atom is -0.389 e. The highest BCUT2D eigenvalue weighted by molar-refractivity contribution is 9.10. The molecule has 98 valence electrons. The molecule has 1 aromatic rings. The van der Waals surface area contributed by atoms with Gasteiger partial charge in [0.15, 0.2) is 0 Å². The summed E-state index contributed by atoms with van der Waals surface area (Å²) in [6.07, 6.45) is 0.429. The van der Waals surface area contributed by atoms with E-state index in [-0.39, 0.29) is 12.2 Å². The van der Waals surface area contributed by atoms with Crippen molar-refractivity contribution in [2.45, 2.75) is 26.1 Å². The largest absolute Gasteiger partial charge is 0.389 e. The Bertz CT molecular complexity index is 456. The van der Waals surface area contributed by atoms with Crippen LogP contribution in [-0.4, -0.2) is 30.3 Å². The molecule has 1 heterocycles. The Kier molecular flexibility index (Phi) is 4.25. The number of ether oxygens (including phenoxy) is 1. The van der Waals surface area contributed by atoms with Gasteiger partial charge in [-0.25, -0.2) is 0 Å². The number of benzene rings is 1.